The van der Waals surface area contributed by atoms with Gasteiger partial charge in [0, 0.05) is 27.8 Å². The lowest BCUT2D eigenvalue weighted by Crippen LogP contribution is -2.31. The van der Waals surface area contributed by atoms with Gasteiger partial charge < -0.3 is 5.11 Å². The molecule has 0 fully saturated rings. The lowest BCUT2D eigenvalue weighted by atomic mass is 9.93. The van der Waals surface area contributed by atoms with E-state index in [1.165, 1.54) is 4.90 Å². The van der Waals surface area contributed by atoms with E-state index in [1.807, 2.05) is 67.6 Å². The summed E-state index contributed by atoms with van der Waals surface area (Å²) >= 11 is 0. The lowest BCUT2D eigenvalue weighted by Gasteiger charge is -2.19. The lowest BCUT2D eigenvalue weighted by molar-refractivity contribution is -0.138. The van der Waals surface area contributed by atoms with Crippen LogP contribution in [-0.2, 0) is 16.1 Å². The summed E-state index contributed by atoms with van der Waals surface area (Å²) < 4.78 is 0. The van der Waals surface area contributed by atoms with Gasteiger partial charge in [0.25, 0.3) is 11.8 Å². The number of aryl methyl sites for hydroxylation is 1. The SMILES string of the molecule is Cc1cc(CN2C(=O)C3=C(CCCC3)C2=O)c(O)c(-c2ccccc2-n2nc3ccccc3n2)c1. The predicted molar refractivity (Wildman–Crippen MR) is 132 cm³/mol. The van der Waals surface area contributed by atoms with Crippen molar-refractivity contribution in [1.82, 2.24) is 19.9 Å². The maximum atomic E-state index is 13.0. The van der Waals surface area contributed by atoms with Crippen LogP contribution in [0.15, 0.2) is 71.8 Å². The Morgan fingerprint density at radius 1 is 0.829 bits per heavy atom. The number of carbonyl (C=O) groups excluding carboxylic acids is 2. The van der Waals surface area contributed by atoms with Gasteiger partial charge in [-0.1, -0.05) is 36.4 Å². The number of phenols is 1. The van der Waals surface area contributed by atoms with E-state index in [9.17, 15) is 14.7 Å². The van der Waals surface area contributed by atoms with Crippen LogP contribution in [0.5, 0.6) is 5.75 Å². The first-order valence-corrected chi connectivity index (χ1v) is 11.8. The molecule has 1 N–H and O–H groups in total. The highest BCUT2D eigenvalue weighted by molar-refractivity contribution is 6.19. The van der Waals surface area contributed by atoms with Crippen LogP contribution in [0.4, 0.5) is 0 Å². The Labute approximate surface area is 202 Å². The van der Waals surface area contributed by atoms with E-state index >= 15 is 0 Å². The molecular weight excluding hydrogens is 440 g/mol. The molecule has 6 rings (SSSR count). The minimum atomic E-state index is -0.222. The molecule has 4 aromatic rings. The molecule has 35 heavy (non-hydrogen) atoms. The Bertz CT molecular complexity index is 1490. The number of rotatable bonds is 4. The van der Waals surface area contributed by atoms with Crippen molar-refractivity contribution < 1.29 is 14.7 Å². The van der Waals surface area contributed by atoms with E-state index in [-0.39, 0.29) is 24.1 Å². The standard InChI is InChI=1S/C28H24N4O3/c1-17-14-18(16-31-27(34)20-9-2-3-10-21(20)28(31)35)26(33)22(15-17)19-8-4-7-13-25(19)32-29-23-11-5-6-12-24(23)30-32/h4-8,11-15,33H,2-3,9-10,16H2,1H3. The summed E-state index contributed by atoms with van der Waals surface area (Å²) in [7, 11) is 0. The number of imide groups is 1. The maximum Gasteiger partial charge on any atom is 0.257 e. The molecule has 3 aromatic carbocycles. The smallest absolute Gasteiger partial charge is 0.257 e. The molecule has 2 heterocycles. The van der Waals surface area contributed by atoms with Gasteiger partial charge in [0.1, 0.15) is 16.8 Å². The fraction of sp³-hybridized carbons (Fsp3) is 0.214. The second-order valence-corrected chi connectivity index (χ2v) is 9.18. The van der Waals surface area contributed by atoms with Crippen LogP contribution in [0, 0.1) is 6.92 Å². The maximum absolute atomic E-state index is 13.0. The quantitative estimate of drug-likeness (QED) is 0.437. The molecule has 7 nitrogen and oxygen atoms in total. The first kappa shape index (κ1) is 21.3. The van der Waals surface area contributed by atoms with Gasteiger partial charge in [-0.3, -0.25) is 14.5 Å². The van der Waals surface area contributed by atoms with Crippen molar-refractivity contribution in [3.63, 3.8) is 0 Å². The highest BCUT2D eigenvalue weighted by Crippen LogP contribution is 2.39. The fourth-order valence-electron chi connectivity index (χ4n) is 5.13. The van der Waals surface area contributed by atoms with Crippen molar-refractivity contribution in [3.05, 3.63) is 82.9 Å². The average Bonchev–Trinajstić information content (AvgIpc) is 3.41. The summed E-state index contributed by atoms with van der Waals surface area (Å²) in [6, 6.07) is 19.0. The van der Waals surface area contributed by atoms with Gasteiger partial charge in [-0.2, -0.15) is 0 Å². The Morgan fingerprint density at radius 2 is 1.43 bits per heavy atom. The highest BCUT2D eigenvalue weighted by Gasteiger charge is 2.39. The zero-order chi connectivity index (χ0) is 24.1. The molecule has 0 bridgehead atoms. The number of benzene rings is 3. The van der Waals surface area contributed by atoms with Crippen LogP contribution in [-0.4, -0.2) is 36.8 Å². The van der Waals surface area contributed by atoms with E-state index in [0.717, 1.165) is 40.7 Å². The second-order valence-electron chi connectivity index (χ2n) is 9.18. The van der Waals surface area contributed by atoms with Crippen LogP contribution < -0.4 is 0 Å². The number of fused-ring (bicyclic) bond motifs is 1. The normalized spacial score (nSPS) is 15.9. The van der Waals surface area contributed by atoms with Gasteiger partial charge in [-0.25, -0.2) is 0 Å². The van der Waals surface area contributed by atoms with Gasteiger partial charge in [-0.05, 0) is 62.4 Å². The van der Waals surface area contributed by atoms with Gasteiger partial charge in [0.15, 0.2) is 0 Å². The zero-order valence-electron chi connectivity index (χ0n) is 19.4. The van der Waals surface area contributed by atoms with Crippen molar-refractivity contribution in [2.75, 3.05) is 0 Å². The molecule has 7 heteroatoms. The number of para-hydroxylation sites is 1. The molecule has 0 unspecified atom stereocenters. The average molecular weight is 465 g/mol. The first-order chi connectivity index (χ1) is 17.0. The molecule has 0 radical (unpaired) electrons. The highest BCUT2D eigenvalue weighted by atomic mass is 16.3. The summed E-state index contributed by atoms with van der Waals surface area (Å²) in [6.07, 6.45) is 3.16. The number of nitrogens with zero attached hydrogens (tertiary/aromatic N) is 4. The molecule has 1 aromatic heterocycles. The monoisotopic (exact) mass is 464 g/mol. The number of aromatic hydroxyl groups is 1. The minimum absolute atomic E-state index is 0.0389. The van der Waals surface area contributed by atoms with E-state index < -0.39 is 0 Å². The third-order valence-corrected chi connectivity index (χ3v) is 6.83. The topological polar surface area (TPSA) is 88.3 Å². The van der Waals surface area contributed by atoms with Crippen molar-refractivity contribution >= 4 is 22.8 Å². The molecule has 1 aliphatic heterocycles. The molecule has 174 valence electrons. The number of amides is 2. The van der Waals surface area contributed by atoms with Crippen LogP contribution in [0.1, 0.15) is 36.8 Å². The van der Waals surface area contributed by atoms with E-state index in [1.54, 1.807) is 4.80 Å². The summed E-state index contributed by atoms with van der Waals surface area (Å²) in [5.74, 6) is -0.398. The molecule has 0 saturated carbocycles. The zero-order valence-corrected chi connectivity index (χ0v) is 19.4. The van der Waals surface area contributed by atoms with Gasteiger partial charge >= 0.3 is 0 Å². The molecule has 1 aliphatic carbocycles. The fourth-order valence-corrected chi connectivity index (χ4v) is 5.13. The van der Waals surface area contributed by atoms with E-state index in [4.69, 9.17) is 0 Å². The molecule has 0 spiro atoms. The number of hydrogen-bond acceptors (Lipinski definition) is 5. The van der Waals surface area contributed by atoms with Crippen molar-refractivity contribution in [3.8, 4) is 22.6 Å². The van der Waals surface area contributed by atoms with Crippen LogP contribution in [0.25, 0.3) is 27.8 Å². The molecular formula is C28H24N4O3. The van der Waals surface area contributed by atoms with Crippen LogP contribution in [0.2, 0.25) is 0 Å². The number of carbonyl (C=O) groups is 2. The third kappa shape index (κ3) is 3.51. The summed E-state index contributed by atoms with van der Waals surface area (Å²) in [5, 5.41) is 20.6. The molecule has 2 amide bonds. The predicted octanol–water partition coefficient (Wildman–Crippen LogP) is 4.84. The van der Waals surface area contributed by atoms with Gasteiger partial charge in [-0.15, -0.1) is 15.0 Å². The van der Waals surface area contributed by atoms with Gasteiger partial charge in [0.05, 0.1) is 12.2 Å². The molecule has 2 aliphatic rings. The summed E-state index contributed by atoms with van der Waals surface area (Å²) in [6.45, 7) is 1.98. The summed E-state index contributed by atoms with van der Waals surface area (Å²) in [4.78, 5) is 28.8. The second kappa shape index (κ2) is 8.20. The number of phenolic OH excluding ortho intramolecular Hbond substituents is 1. The van der Waals surface area contributed by atoms with E-state index in [2.05, 4.69) is 10.2 Å². The molecule has 0 saturated heterocycles. The van der Waals surface area contributed by atoms with Crippen LogP contribution in [0.3, 0.4) is 0 Å². The van der Waals surface area contributed by atoms with Crippen molar-refractivity contribution in [2.45, 2.75) is 39.2 Å². The largest absolute Gasteiger partial charge is 0.507 e. The minimum Gasteiger partial charge on any atom is -0.507 e. The third-order valence-electron chi connectivity index (χ3n) is 6.83. The van der Waals surface area contributed by atoms with Crippen LogP contribution >= 0.6 is 0 Å². The van der Waals surface area contributed by atoms with E-state index in [0.29, 0.717) is 35.1 Å². The number of aromatic nitrogens is 3. The Morgan fingerprint density at radius 3 is 2.09 bits per heavy atom. The summed E-state index contributed by atoms with van der Waals surface area (Å²) in [5.41, 5.74) is 6.39. The molecule has 0 atom stereocenters. The van der Waals surface area contributed by atoms with Gasteiger partial charge in [0.2, 0.25) is 0 Å². The Hall–Kier alpha value is -4.26. The first-order valence-electron chi connectivity index (χ1n) is 11.8. The Balaban J connectivity index is 1.41. The Kier molecular flexibility index (Phi) is 4.99. The van der Waals surface area contributed by atoms with Crippen molar-refractivity contribution in [1.29, 1.82) is 0 Å². The number of hydrogen-bond donors (Lipinski definition) is 1. The van der Waals surface area contributed by atoms with Crippen molar-refractivity contribution in [2.24, 2.45) is 0 Å².